The Balaban J connectivity index is 2.26. The normalized spacial score (nSPS) is 17.7. The molecule has 1 unspecified atom stereocenters. The van der Waals surface area contributed by atoms with Gasteiger partial charge in [-0.15, -0.1) is 0 Å². The summed E-state index contributed by atoms with van der Waals surface area (Å²) in [5, 5.41) is 0. The van der Waals surface area contributed by atoms with Crippen LogP contribution in [0.3, 0.4) is 0 Å². The van der Waals surface area contributed by atoms with Gasteiger partial charge in [0.1, 0.15) is 0 Å². The van der Waals surface area contributed by atoms with E-state index in [1.165, 1.54) is 0 Å². The van der Waals surface area contributed by atoms with Gasteiger partial charge in [-0.1, -0.05) is 48.6 Å². The molecule has 1 aliphatic carbocycles. The summed E-state index contributed by atoms with van der Waals surface area (Å²) < 4.78 is 0. The van der Waals surface area contributed by atoms with Crippen LogP contribution in [0.4, 0.5) is 0 Å². The molecule has 1 amide bonds. The number of carbonyl (C=O) groups is 1. The van der Waals surface area contributed by atoms with Crippen molar-refractivity contribution < 1.29 is 4.79 Å². The van der Waals surface area contributed by atoms with Crippen LogP contribution in [0.1, 0.15) is 33.3 Å². The van der Waals surface area contributed by atoms with E-state index < -0.39 is 0 Å². The first-order valence-corrected chi connectivity index (χ1v) is 7.28. The van der Waals surface area contributed by atoms with Crippen LogP contribution >= 0.6 is 0 Å². The zero-order chi connectivity index (χ0) is 14.7. The molecule has 1 aliphatic rings. The van der Waals surface area contributed by atoms with E-state index in [2.05, 4.69) is 45.9 Å². The molecule has 0 fully saturated rings. The van der Waals surface area contributed by atoms with E-state index >= 15 is 0 Å². The topological polar surface area (TPSA) is 20.3 Å². The minimum Gasteiger partial charge on any atom is -0.337 e. The average Bonchev–Trinajstić information content (AvgIpc) is 2.88. The fourth-order valence-corrected chi connectivity index (χ4v) is 2.87. The number of carbonyl (C=O) groups excluding carboxylic acids is 1. The van der Waals surface area contributed by atoms with Gasteiger partial charge in [-0.05, 0) is 38.8 Å². The molecule has 0 heterocycles. The maximum Gasteiger partial charge on any atom is 0.234 e. The second-order valence-corrected chi connectivity index (χ2v) is 5.78. The molecule has 0 spiro atoms. The minimum atomic E-state index is -0.151. The number of amides is 1. The van der Waals surface area contributed by atoms with Crippen LogP contribution in [0.5, 0.6) is 0 Å². The molecule has 2 nitrogen and oxygen atoms in total. The summed E-state index contributed by atoms with van der Waals surface area (Å²) in [6.07, 6.45) is 6.04. The van der Waals surface area contributed by atoms with Gasteiger partial charge in [0, 0.05) is 12.1 Å². The smallest absolute Gasteiger partial charge is 0.234 e. The lowest BCUT2D eigenvalue weighted by molar-refractivity contribution is -0.135. The molecule has 1 aromatic carbocycles. The first kappa shape index (κ1) is 14.6. The van der Waals surface area contributed by atoms with Gasteiger partial charge in [-0.3, -0.25) is 4.79 Å². The van der Waals surface area contributed by atoms with E-state index in [0.717, 1.165) is 11.1 Å². The van der Waals surface area contributed by atoms with Crippen LogP contribution < -0.4 is 0 Å². The lowest BCUT2D eigenvalue weighted by Gasteiger charge is -2.33. The lowest BCUT2D eigenvalue weighted by atomic mass is 9.93. The van der Waals surface area contributed by atoms with E-state index in [4.69, 9.17) is 0 Å². The predicted octanol–water partition coefficient (Wildman–Crippen LogP) is 3.90. The standard InChI is InChI=1S/C18H23NO/c1-13(2)19(14(3)4)18(20)17-12-8-11-16(17)15-9-6-5-7-10-15/h5-14,17H,1-4H3. The largest absolute Gasteiger partial charge is 0.337 e. The maximum absolute atomic E-state index is 12.8. The molecule has 1 aromatic rings. The quantitative estimate of drug-likeness (QED) is 0.811. The summed E-state index contributed by atoms with van der Waals surface area (Å²) in [6, 6.07) is 10.6. The first-order chi connectivity index (χ1) is 9.52. The van der Waals surface area contributed by atoms with E-state index in [0.29, 0.717) is 0 Å². The molecule has 0 aromatic heterocycles. The highest BCUT2D eigenvalue weighted by Gasteiger charge is 2.30. The Kier molecular flexibility index (Phi) is 4.43. The second kappa shape index (κ2) is 6.08. The van der Waals surface area contributed by atoms with Crippen LogP contribution in [-0.4, -0.2) is 22.9 Å². The third-order valence-electron chi connectivity index (χ3n) is 3.65. The van der Waals surface area contributed by atoms with Gasteiger partial charge in [0.05, 0.1) is 5.92 Å². The summed E-state index contributed by atoms with van der Waals surface area (Å²) in [6.45, 7) is 8.29. The molecule has 2 rings (SSSR count). The van der Waals surface area contributed by atoms with E-state index in [1.54, 1.807) is 0 Å². The molecule has 1 atom stereocenters. The Bertz CT molecular complexity index is 518. The van der Waals surface area contributed by atoms with Gasteiger partial charge in [0.25, 0.3) is 0 Å². The van der Waals surface area contributed by atoms with Crippen molar-refractivity contribution in [2.24, 2.45) is 5.92 Å². The van der Waals surface area contributed by atoms with Crippen molar-refractivity contribution in [1.29, 1.82) is 0 Å². The fourth-order valence-electron chi connectivity index (χ4n) is 2.87. The molecule has 0 saturated carbocycles. The summed E-state index contributed by atoms with van der Waals surface area (Å²) in [5.74, 6) is 0.0426. The molecule has 0 aliphatic heterocycles. The van der Waals surface area contributed by atoms with Crippen LogP contribution in [0.15, 0.2) is 48.6 Å². The summed E-state index contributed by atoms with van der Waals surface area (Å²) in [7, 11) is 0. The maximum atomic E-state index is 12.8. The van der Waals surface area contributed by atoms with E-state index in [1.807, 2.05) is 35.3 Å². The van der Waals surface area contributed by atoms with Gasteiger partial charge < -0.3 is 4.90 Å². The van der Waals surface area contributed by atoms with Crippen molar-refractivity contribution in [3.63, 3.8) is 0 Å². The molecular formula is C18H23NO. The molecule has 0 bridgehead atoms. The Morgan fingerprint density at radius 2 is 1.65 bits per heavy atom. The van der Waals surface area contributed by atoms with Crippen molar-refractivity contribution in [2.75, 3.05) is 0 Å². The predicted molar refractivity (Wildman–Crippen MR) is 84.2 cm³/mol. The zero-order valence-corrected chi connectivity index (χ0v) is 12.7. The summed E-state index contributed by atoms with van der Waals surface area (Å²) in [4.78, 5) is 14.8. The van der Waals surface area contributed by atoms with E-state index in [-0.39, 0.29) is 23.9 Å². The third-order valence-corrected chi connectivity index (χ3v) is 3.65. The fraction of sp³-hybridized carbons (Fsp3) is 0.389. The van der Waals surface area contributed by atoms with E-state index in [9.17, 15) is 4.79 Å². The molecule has 20 heavy (non-hydrogen) atoms. The monoisotopic (exact) mass is 269 g/mol. The molecule has 2 heteroatoms. The Labute approximate surface area is 121 Å². The third kappa shape index (κ3) is 2.84. The average molecular weight is 269 g/mol. The summed E-state index contributed by atoms with van der Waals surface area (Å²) in [5.41, 5.74) is 2.23. The Morgan fingerprint density at radius 1 is 1.05 bits per heavy atom. The lowest BCUT2D eigenvalue weighted by Crippen LogP contribution is -2.44. The highest BCUT2D eigenvalue weighted by molar-refractivity contribution is 5.96. The highest BCUT2D eigenvalue weighted by atomic mass is 16.2. The van der Waals surface area contributed by atoms with Gasteiger partial charge >= 0.3 is 0 Å². The van der Waals surface area contributed by atoms with Gasteiger partial charge in [-0.2, -0.15) is 0 Å². The van der Waals surface area contributed by atoms with Crippen molar-refractivity contribution in [2.45, 2.75) is 39.8 Å². The van der Waals surface area contributed by atoms with Crippen molar-refractivity contribution in [3.8, 4) is 0 Å². The van der Waals surface area contributed by atoms with Crippen molar-refractivity contribution >= 4 is 11.5 Å². The summed E-state index contributed by atoms with van der Waals surface area (Å²) >= 11 is 0. The van der Waals surface area contributed by atoms with Gasteiger partial charge in [0.15, 0.2) is 0 Å². The minimum absolute atomic E-state index is 0.151. The van der Waals surface area contributed by atoms with Gasteiger partial charge in [-0.25, -0.2) is 0 Å². The zero-order valence-electron chi connectivity index (χ0n) is 12.7. The Hall–Kier alpha value is -1.83. The molecule has 106 valence electrons. The van der Waals surface area contributed by atoms with Crippen LogP contribution in [0.2, 0.25) is 0 Å². The number of allylic oxidation sites excluding steroid dienone is 2. The number of nitrogens with zero attached hydrogens (tertiary/aromatic N) is 1. The van der Waals surface area contributed by atoms with Crippen molar-refractivity contribution in [1.82, 2.24) is 4.90 Å². The van der Waals surface area contributed by atoms with Crippen LogP contribution in [-0.2, 0) is 4.79 Å². The number of rotatable bonds is 4. The highest BCUT2D eigenvalue weighted by Crippen LogP contribution is 2.31. The molecular weight excluding hydrogens is 246 g/mol. The number of hydrogen-bond acceptors (Lipinski definition) is 1. The van der Waals surface area contributed by atoms with Crippen LogP contribution in [0.25, 0.3) is 5.57 Å². The SMILES string of the molecule is CC(C)N(C(=O)C1C=CC=C1c1ccccc1)C(C)C. The molecule has 0 radical (unpaired) electrons. The molecule has 0 N–H and O–H groups in total. The first-order valence-electron chi connectivity index (χ1n) is 7.28. The number of benzene rings is 1. The Morgan fingerprint density at radius 3 is 2.20 bits per heavy atom. The van der Waals surface area contributed by atoms with Gasteiger partial charge in [0.2, 0.25) is 5.91 Å². The molecule has 0 saturated heterocycles. The second-order valence-electron chi connectivity index (χ2n) is 5.78. The van der Waals surface area contributed by atoms with Crippen LogP contribution in [0, 0.1) is 5.92 Å². The van der Waals surface area contributed by atoms with Crippen molar-refractivity contribution in [3.05, 3.63) is 54.1 Å². The number of hydrogen-bond donors (Lipinski definition) is 0.